The van der Waals surface area contributed by atoms with E-state index in [1.54, 1.807) is 6.07 Å². The fourth-order valence-electron chi connectivity index (χ4n) is 1.70. The standard InChI is InChI=1S/C14H17ClFN/c1-3-5-6-7-14(17-4-2)11-8-9-12(15)13(16)10-11/h8-10,14,17H,4,6-7H2,1-2H3. The van der Waals surface area contributed by atoms with Crippen LogP contribution in [-0.4, -0.2) is 6.54 Å². The minimum atomic E-state index is -0.367. The molecule has 1 aromatic carbocycles. The maximum absolute atomic E-state index is 13.4. The maximum atomic E-state index is 13.4. The van der Waals surface area contributed by atoms with Crippen molar-refractivity contribution in [3.8, 4) is 11.8 Å². The van der Waals surface area contributed by atoms with Crippen LogP contribution in [0.5, 0.6) is 0 Å². The van der Waals surface area contributed by atoms with Crippen LogP contribution in [0.2, 0.25) is 5.02 Å². The Kier molecular flexibility index (Phi) is 6.04. The first-order valence-electron chi connectivity index (χ1n) is 5.77. The van der Waals surface area contributed by atoms with Gasteiger partial charge < -0.3 is 5.32 Å². The van der Waals surface area contributed by atoms with Gasteiger partial charge in [0.2, 0.25) is 0 Å². The lowest BCUT2D eigenvalue weighted by molar-refractivity contribution is 0.517. The van der Waals surface area contributed by atoms with Gasteiger partial charge in [-0.1, -0.05) is 24.6 Å². The van der Waals surface area contributed by atoms with Gasteiger partial charge in [-0.2, -0.15) is 0 Å². The van der Waals surface area contributed by atoms with Crippen LogP contribution in [-0.2, 0) is 0 Å². The summed E-state index contributed by atoms with van der Waals surface area (Å²) in [5.74, 6) is 5.52. The molecular weight excluding hydrogens is 237 g/mol. The number of benzene rings is 1. The Hall–Kier alpha value is -1.04. The van der Waals surface area contributed by atoms with Crippen molar-refractivity contribution < 1.29 is 4.39 Å². The smallest absolute Gasteiger partial charge is 0.142 e. The fourth-order valence-corrected chi connectivity index (χ4v) is 1.82. The molecule has 0 aliphatic heterocycles. The molecule has 0 saturated heterocycles. The van der Waals surface area contributed by atoms with E-state index >= 15 is 0 Å². The second-order valence-electron chi connectivity index (χ2n) is 3.75. The van der Waals surface area contributed by atoms with Crippen molar-refractivity contribution in [1.82, 2.24) is 5.32 Å². The SMILES string of the molecule is CC#CCCC(NCC)c1ccc(Cl)c(F)c1. The number of hydrogen-bond acceptors (Lipinski definition) is 1. The molecule has 1 atom stereocenters. The Morgan fingerprint density at radius 2 is 2.24 bits per heavy atom. The molecule has 0 fully saturated rings. The second kappa shape index (κ2) is 7.32. The summed E-state index contributed by atoms with van der Waals surface area (Å²) in [6.45, 7) is 4.70. The minimum Gasteiger partial charge on any atom is -0.310 e. The lowest BCUT2D eigenvalue weighted by Crippen LogP contribution is -2.20. The van der Waals surface area contributed by atoms with E-state index in [2.05, 4.69) is 17.2 Å². The molecule has 0 bridgehead atoms. The molecule has 1 nitrogen and oxygen atoms in total. The summed E-state index contributed by atoms with van der Waals surface area (Å²) in [5.41, 5.74) is 0.923. The van der Waals surface area contributed by atoms with Crippen LogP contribution in [0.3, 0.4) is 0 Å². The van der Waals surface area contributed by atoms with Gasteiger partial charge in [-0.05, 0) is 37.6 Å². The predicted molar refractivity (Wildman–Crippen MR) is 70.5 cm³/mol. The molecule has 1 rings (SSSR count). The van der Waals surface area contributed by atoms with Crippen molar-refractivity contribution in [2.75, 3.05) is 6.54 Å². The van der Waals surface area contributed by atoms with E-state index in [-0.39, 0.29) is 16.9 Å². The van der Waals surface area contributed by atoms with Gasteiger partial charge in [0.15, 0.2) is 0 Å². The molecular formula is C14H17ClFN. The Labute approximate surface area is 107 Å². The summed E-state index contributed by atoms with van der Waals surface area (Å²) in [5, 5.41) is 3.49. The maximum Gasteiger partial charge on any atom is 0.142 e. The Morgan fingerprint density at radius 1 is 1.47 bits per heavy atom. The van der Waals surface area contributed by atoms with Crippen molar-refractivity contribution in [2.45, 2.75) is 32.7 Å². The Bertz CT molecular complexity index is 420. The third kappa shape index (κ3) is 4.38. The normalized spacial score (nSPS) is 11.8. The Balaban J connectivity index is 2.79. The van der Waals surface area contributed by atoms with E-state index < -0.39 is 0 Å². The van der Waals surface area contributed by atoms with Crippen LogP contribution < -0.4 is 5.32 Å². The fraction of sp³-hybridized carbons (Fsp3) is 0.429. The number of halogens is 2. The van der Waals surface area contributed by atoms with Gasteiger partial charge in [0, 0.05) is 12.5 Å². The Morgan fingerprint density at radius 3 is 2.82 bits per heavy atom. The van der Waals surface area contributed by atoms with E-state index in [0.717, 1.165) is 24.9 Å². The first kappa shape index (κ1) is 14.0. The molecule has 0 heterocycles. The first-order valence-corrected chi connectivity index (χ1v) is 6.14. The van der Waals surface area contributed by atoms with Gasteiger partial charge in [0.25, 0.3) is 0 Å². The number of nitrogens with one attached hydrogen (secondary N) is 1. The van der Waals surface area contributed by atoms with E-state index in [1.807, 2.05) is 19.9 Å². The molecule has 1 aromatic rings. The zero-order valence-corrected chi connectivity index (χ0v) is 10.9. The van der Waals surface area contributed by atoms with Gasteiger partial charge in [-0.3, -0.25) is 0 Å². The van der Waals surface area contributed by atoms with Crippen molar-refractivity contribution in [3.05, 3.63) is 34.6 Å². The third-order valence-corrected chi connectivity index (χ3v) is 2.84. The molecule has 0 saturated carbocycles. The highest BCUT2D eigenvalue weighted by Gasteiger charge is 2.11. The molecule has 17 heavy (non-hydrogen) atoms. The lowest BCUT2D eigenvalue weighted by Gasteiger charge is -2.17. The summed E-state index contributed by atoms with van der Waals surface area (Å²) < 4.78 is 13.4. The molecule has 0 spiro atoms. The zero-order valence-electron chi connectivity index (χ0n) is 10.2. The monoisotopic (exact) mass is 253 g/mol. The zero-order chi connectivity index (χ0) is 12.7. The van der Waals surface area contributed by atoms with Crippen molar-refractivity contribution in [2.24, 2.45) is 0 Å². The summed E-state index contributed by atoms with van der Waals surface area (Å²) in [7, 11) is 0. The molecule has 1 unspecified atom stereocenters. The van der Waals surface area contributed by atoms with Crippen molar-refractivity contribution in [3.63, 3.8) is 0 Å². The molecule has 0 aliphatic rings. The van der Waals surface area contributed by atoms with Crippen LogP contribution in [0.25, 0.3) is 0 Å². The highest BCUT2D eigenvalue weighted by Crippen LogP contribution is 2.23. The summed E-state index contributed by atoms with van der Waals surface area (Å²) >= 11 is 5.67. The van der Waals surface area contributed by atoms with Crippen molar-refractivity contribution >= 4 is 11.6 Å². The highest BCUT2D eigenvalue weighted by molar-refractivity contribution is 6.30. The van der Waals surface area contributed by atoms with Crippen LogP contribution >= 0.6 is 11.6 Å². The van der Waals surface area contributed by atoms with Gasteiger partial charge in [-0.15, -0.1) is 11.8 Å². The second-order valence-corrected chi connectivity index (χ2v) is 4.16. The van der Waals surface area contributed by atoms with Gasteiger partial charge >= 0.3 is 0 Å². The molecule has 3 heteroatoms. The van der Waals surface area contributed by atoms with E-state index in [9.17, 15) is 4.39 Å². The molecule has 0 radical (unpaired) electrons. The van der Waals surface area contributed by atoms with E-state index in [4.69, 9.17) is 11.6 Å². The molecule has 0 aliphatic carbocycles. The summed E-state index contributed by atoms with van der Waals surface area (Å²) in [4.78, 5) is 0. The molecule has 0 aromatic heterocycles. The first-order chi connectivity index (χ1) is 8.19. The third-order valence-electron chi connectivity index (χ3n) is 2.53. The number of rotatable bonds is 5. The number of hydrogen-bond donors (Lipinski definition) is 1. The summed E-state index contributed by atoms with van der Waals surface area (Å²) in [6.07, 6.45) is 1.67. The van der Waals surface area contributed by atoms with Gasteiger partial charge in [0.05, 0.1) is 5.02 Å². The average Bonchev–Trinajstić information content (AvgIpc) is 2.32. The van der Waals surface area contributed by atoms with E-state index in [0.29, 0.717) is 0 Å². The predicted octanol–water partition coefficient (Wildman–Crippen LogP) is 3.93. The van der Waals surface area contributed by atoms with Gasteiger partial charge in [-0.25, -0.2) is 4.39 Å². The van der Waals surface area contributed by atoms with Crippen molar-refractivity contribution in [1.29, 1.82) is 0 Å². The lowest BCUT2D eigenvalue weighted by atomic mass is 10.0. The van der Waals surface area contributed by atoms with Gasteiger partial charge in [0.1, 0.15) is 5.82 Å². The van der Waals surface area contributed by atoms with Crippen LogP contribution in [0.1, 0.15) is 38.3 Å². The van der Waals surface area contributed by atoms with Crippen LogP contribution in [0.4, 0.5) is 4.39 Å². The quantitative estimate of drug-likeness (QED) is 0.784. The highest BCUT2D eigenvalue weighted by atomic mass is 35.5. The average molecular weight is 254 g/mol. The van der Waals surface area contributed by atoms with E-state index in [1.165, 1.54) is 6.07 Å². The molecule has 0 amide bonds. The molecule has 92 valence electrons. The summed E-state index contributed by atoms with van der Waals surface area (Å²) in [6, 6.07) is 5.09. The van der Waals surface area contributed by atoms with Crippen LogP contribution in [0.15, 0.2) is 18.2 Å². The largest absolute Gasteiger partial charge is 0.310 e. The minimum absolute atomic E-state index is 0.132. The molecule has 1 N–H and O–H groups in total. The topological polar surface area (TPSA) is 12.0 Å². The van der Waals surface area contributed by atoms with Crippen LogP contribution in [0, 0.1) is 17.7 Å².